The molecular formula is C15H13BrCl2O. The lowest BCUT2D eigenvalue weighted by Crippen LogP contribution is -1.99. The van der Waals surface area contributed by atoms with E-state index in [1.165, 1.54) is 5.56 Å². The molecule has 0 aliphatic heterocycles. The summed E-state index contributed by atoms with van der Waals surface area (Å²) in [5.74, 6) is 0.860. The van der Waals surface area contributed by atoms with E-state index in [0.29, 0.717) is 16.7 Å². The van der Waals surface area contributed by atoms with Gasteiger partial charge in [-0.25, -0.2) is 0 Å². The maximum Gasteiger partial charge on any atom is 0.123 e. The molecule has 0 saturated heterocycles. The standard InChI is InChI=1S/C15H13BrCl2O/c1-10-5-6-14(12(7-10)8-16)19-9-11-3-2-4-13(17)15(11)18/h2-7H,8-9H2,1H3. The highest BCUT2D eigenvalue weighted by Crippen LogP contribution is 2.28. The normalized spacial score (nSPS) is 10.5. The van der Waals surface area contributed by atoms with Gasteiger partial charge in [0.15, 0.2) is 0 Å². The van der Waals surface area contributed by atoms with Gasteiger partial charge in [-0.3, -0.25) is 0 Å². The summed E-state index contributed by atoms with van der Waals surface area (Å²) in [6.07, 6.45) is 0. The maximum absolute atomic E-state index is 6.14. The molecule has 0 unspecified atom stereocenters. The maximum atomic E-state index is 6.14. The van der Waals surface area contributed by atoms with E-state index in [-0.39, 0.29) is 0 Å². The minimum absolute atomic E-state index is 0.405. The molecule has 0 amide bonds. The molecule has 0 aromatic heterocycles. The van der Waals surface area contributed by atoms with E-state index >= 15 is 0 Å². The number of aryl methyl sites for hydroxylation is 1. The Balaban J connectivity index is 2.17. The smallest absolute Gasteiger partial charge is 0.123 e. The van der Waals surface area contributed by atoms with Crippen LogP contribution in [0, 0.1) is 6.92 Å². The molecule has 0 aliphatic carbocycles. The first-order valence-electron chi connectivity index (χ1n) is 5.83. The van der Waals surface area contributed by atoms with Crippen molar-refractivity contribution < 1.29 is 4.74 Å². The molecule has 0 bridgehead atoms. The second-order valence-corrected chi connectivity index (χ2v) is 5.59. The zero-order valence-electron chi connectivity index (χ0n) is 10.4. The summed E-state index contributed by atoms with van der Waals surface area (Å²) in [5.41, 5.74) is 3.22. The van der Waals surface area contributed by atoms with Crippen LogP contribution < -0.4 is 4.74 Å². The van der Waals surface area contributed by atoms with Crippen molar-refractivity contribution in [2.45, 2.75) is 18.9 Å². The van der Waals surface area contributed by atoms with Gasteiger partial charge < -0.3 is 4.74 Å². The fourth-order valence-electron chi connectivity index (χ4n) is 1.77. The van der Waals surface area contributed by atoms with Gasteiger partial charge in [0.1, 0.15) is 12.4 Å². The Morgan fingerprint density at radius 3 is 2.63 bits per heavy atom. The third-order valence-corrected chi connectivity index (χ3v) is 4.24. The van der Waals surface area contributed by atoms with Crippen LogP contribution in [-0.2, 0) is 11.9 Å². The average molecular weight is 360 g/mol. The summed E-state index contributed by atoms with van der Waals surface area (Å²) in [6, 6.07) is 11.7. The number of rotatable bonds is 4. The van der Waals surface area contributed by atoms with Crippen molar-refractivity contribution in [2.24, 2.45) is 0 Å². The van der Waals surface area contributed by atoms with Gasteiger partial charge in [-0.2, -0.15) is 0 Å². The largest absolute Gasteiger partial charge is 0.489 e. The Morgan fingerprint density at radius 1 is 1.11 bits per heavy atom. The number of hydrogen-bond acceptors (Lipinski definition) is 1. The molecule has 0 fully saturated rings. The van der Waals surface area contributed by atoms with Crippen LogP contribution in [-0.4, -0.2) is 0 Å². The van der Waals surface area contributed by atoms with E-state index in [1.807, 2.05) is 24.3 Å². The quantitative estimate of drug-likeness (QED) is 0.629. The van der Waals surface area contributed by atoms with E-state index < -0.39 is 0 Å². The number of ether oxygens (including phenoxy) is 1. The van der Waals surface area contributed by atoms with Crippen LogP contribution in [0.1, 0.15) is 16.7 Å². The van der Waals surface area contributed by atoms with E-state index in [0.717, 1.165) is 22.2 Å². The van der Waals surface area contributed by atoms with Gasteiger partial charge in [0.25, 0.3) is 0 Å². The van der Waals surface area contributed by atoms with Crippen LogP contribution in [0.3, 0.4) is 0 Å². The van der Waals surface area contributed by atoms with E-state index in [4.69, 9.17) is 27.9 Å². The van der Waals surface area contributed by atoms with Crippen molar-refractivity contribution in [3.05, 3.63) is 63.1 Å². The monoisotopic (exact) mass is 358 g/mol. The van der Waals surface area contributed by atoms with Gasteiger partial charge in [0.2, 0.25) is 0 Å². The highest BCUT2D eigenvalue weighted by Gasteiger charge is 2.07. The highest BCUT2D eigenvalue weighted by molar-refractivity contribution is 9.08. The van der Waals surface area contributed by atoms with Crippen LogP contribution in [0.2, 0.25) is 10.0 Å². The van der Waals surface area contributed by atoms with Gasteiger partial charge in [0, 0.05) is 16.5 Å². The van der Waals surface area contributed by atoms with E-state index in [1.54, 1.807) is 6.07 Å². The van der Waals surface area contributed by atoms with Crippen molar-refractivity contribution in [1.29, 1.82) is 0 Å². The molecule has 2 rings (SSSR count). The minimum Gasteiger partial charge on any atom is -0.489 e. The summed E-state index contributed by atoms with van der Waals surface area (Å²) in [5, 5.41) is 1.86. The van der Waals surface area contributed by atoms with E-state index in [2.05, 4.69) is 28.9 Å². The number of benzene rings is 2. The Labute approximate surface area is 131 Å². The molecule has 0 aliphatic rings. The van der Waals surface area contributed by atoms with Crippen LogP contribution >= 0.6 is 39.1 Å². The predicted molar refractivity (Wildman–Crippen MR) is 84.6 cm³/mol. The van der Waals surface area contributed by atoms with Crippen LogP contribution in [0.25, 0.3) is 0 Å². The zero-order chi connectivity index (χ0) is 13.8. The summed E-state index contributed by atoms with van der Waals surface area (Å²) in [7, 11) is 0. The average Bonchev–Trinajstić information content (AvgIpc) is 2.41. The first-order valence-corrected chi connectivity index (χ1v) is 7.70. The molecule has 0 atom stereocenters. The summed E-state index contributed by atoms with van der Waals surface area (Å²) < 4.78 is 5.83. The van der Waals surface area contributed by atoms with Gasteiger partial charge in [-0.1, -0.05) is 69.0 Å². The topological polar surface area (TPSA) is 9.23 Å². The second-order valence-electron chi connectivity index (χ2n) is 4.25. The summed E-state index contributed by atoms with van der Waals surface area (Å²) in [6.45, 7) is 2.46. The fraction of sp³-hybridized carbons (Fsp3) is 0.200. The number of halogens is 3. The van der Waals surface area contributed by atoms with Crippen molar-refractivity contribution in [3.63, 3.8) is 0 Å². The number of alkyl halides is 1. The molecule has 2 aromatic carbocycles. The third-order valence-electron chi connectivity index (χ3n) is 2.77. The van der Waals surface area contributed by atoms with Gasteiger partial charge in [-0.05, 0) is 19.1 Å². The Morgan fingerprint density at radius 2 is 1.89 bits per heavy atom. The first kappa shape index (κ1) is 14.7. The summed E-state index contributed by atoms with van der Waals surface area (Å²) in [4.78, 5) is 0. The van der Waals surface area contributed by atoms with E-state index in [9.17, 15) is 0 Å². The molecular weight excluding hydrogens is 347 g/mol. The van der Waals surface area contributed by atoms with Crippen molar-refractivity contribution in [2.75, 3.05) is 0 Å². The predicted octanol–water partition coefficient (Wildman–Crippen LogP) is 5.78. The molecule has 0 spiro atoms. The lowest BCUT2D eigenvalue weighted by molar-refractivity contribution is 0.304. The fourth-order valence-corrected chi connectivity index (χ4v) is 2.58. The molecule has 0 heterocycles. The van der Waals surface area contributed by atoms with Crippen molar-refractivity contribution >= 4 is 39.1 Å². The Bertz CT molecular complexity index is 584. The van der Waals surface area contributed by atoms with Crippen LogP contribution in [0.4, 0.5) is 0 Å². The Kier molecular flexibility index (Phi) is 5.14. The molecule has 100 valence electrons. The third kappa shape index (κ3) is 3.65. The number of hydrogen-bond donors (Lipinski definition) is 0. The molecule has 2 aromatic rings. The molecule has 4 heteroatoms. The molecule has 0 N–H and O–H groups in total. The van der Waals surface area contributed by atoms with Crippen molar-refractivity contribution in [1.82, 2.24) is 0 Å². The first-order chi connectivity index (χ1) is 9.11. The molecule has 0 radical (unpaired) electrons. The summed E-state index contributed by atoms with van der Waals surface area (Å²) >= 11 is 15.6. The van der Waals surface area contributed by atoms with Gasteiger partial charge in [0.05, 0.1) is 10.0 Å². The molecule has 1 nitrogen and oxygen atoms in total. The molecule has 0 saturated carbocycles. The van der Waals surface area contributed by atoms with Crippen molar-refractivity contribution in [3.8, 4) is 5.75 Å². The van der Waals surface area contributed by atoms with Gasteiger partial charge >= 0.3 is 0 Å². The lowest BCUT2D eigenvalue weighted by atomic mass is 10.1. The minimum atomic E-state index is 0.405. The molecule has 19 heavy (non-hydrogen) atoms. The van der Waals surface area contributed by atoms with Crippen LogP contribution in [0.15, 0.2) is 36.4 Å². The Hall–Kier alpha value is -0.700. The lowest BCUT2D eigenvalue weighted by Gasteiger charge is -2.12. The van der Waals surface area contributed by atoms with Gasteiger partial charge in [-0.15, -0.1) is 0 Å². The zero-order valence-corrected chi connectivity index (χ0v) is 13.5. The highest BCUT2D eigenvalue weighted by atomic mass is 79.9. The SMILES string of the molecule is Cc1ccc(OCc2cccc(Cl)c2Cl)c(CBr)c1. The second kappa shape index (κ2) is 6.65. The van der Waals surface area contributed by atoms with Crippen LogP contribution in [0.5, 0.6) is 5.75 Å².